The van der Waals surface area contributed by atoms with Crippen molar-refractivity contribution in [2.75, 3.05) is 42.6 Å². The number of nitrogen functional groups attached to an aromatic ring is 1. The zero-order valence-corrected chi connectivity index (χ0v) is 15.7. The topological polar surface area (TPSA) is 88.2 Å². The highest BCUT2D eigenvalue weighted by Crippen LogP contribution is 2.29. The van der Waals surface area contributed by atoms with Gasteiger partial charge in [-0.15, -0.1) is 10.2 Å². The molecule has 1 amide bonds. The standard InChI is InChI=1S/C15H16N6OS3/c16-13-18-19-15(25-13)23-9-12(22)20-5-7-21(8-6-20)14-17-10-3-1-2-4-11(10)24-14/h1-4H,5-9H2,(H2,16,18). The maximum absolute atomic E-state index is 12.4. The Balaban J connectivity index is 1.32. The van der Waals surface area contributed by atoms with Crippen molar-refractivity contribution in [2.45, 2.75) is 4.34 Å². The highest BCUT2D eigenvalue weighted by molar-refractivity contribution is 8.01. The van der Waals surface area contributed by atoms with Gasteiger partial charge in [-0.25, -0.2) is 4.98 Å². The van der Waals surface area contributed by atoms with Crippen LogP contribution in [0.25, 0.3) is 10.2 Å². The van der Waals surface area contributed by atoms with Crippen molar-refractivity contribution in [2.24, 2.45) is 0 Å². The molecular weight excluding hydrogens is 376 g/mol. The minimum Gasteiger partial charge on any atom is -0.374 e. The largest absolute Gasteiger partial charge is 0.374 e. The van der Waals surface area contributed by atoms with Gasteiger partial charge in [-0.3, -0.25) is 4.79 Å². The summed E-state index contributed by atoms with van der Waals surface area (Å²) in [6.45, 7) is 3.05. The van der Waals surface area contributed by atoms with Gasteiger partial charge >= 0.3 is 0 Å². The van der Waals surface area contributed by atoms with Crippen molar-refractivity contribution >= 4 is 60.8 Å². The number of aromatic nitrogens is 3. The second kappa shape index (κ2) is 7.14. The second-order valence-corrected chi connectivity index (χ2v) is 8.77. The first-order valence-electron chi connectivity index (χ1n) is 7.79. The van der Waals surface area contributed by atoms with E-state index in [-0.39, 0.29) is 5.91 Å². The van der Waals surface area contributed by atoms with E-state index in [0.29, 0.717) is 24.0 Å². The van der Waals surface area contributed by atoms with Gasteiger partial charge in [0.15, 0.2) is 9.47 Å². The molecule has 3 heterocycles. The number of thioether (sulfide) groups is 1. The number of fused-ring (bicyclic) bond motifs is 1. The molecule has 0 saturated carbocycles. The number of rotatable bonds is 4. The number of carbonyl (C=O) groups excluding carboxylic acids is 1. The molecule has 1 aromatic carbocycles. The van der Waals surface area contributed by atoms with Crippen LogP contribution < -0.4 is 10.6 Å². The maximum Gasteiger partial charge on any atom is 0.233 e. The van der Waals surface area contributed by atoms with Crippen LogP contribution in [0.15, 0.2) is 28.6 Å². The van der Waals surface area contributed by atoms with E-state index in [9.17, 15) is 4.79 Å². The van der Waals surface area contributed by atoms with Crippen LogP contribution >= 0.6 is 34.4 Å². The molecule has 1 aliphatic heterocycles. The summed E-state index contributed by atoms with van der Waals surface area (Å²) in [7, 11) is 0. The van der Waals surface area contributed by atoms with Crippen molar-refractivity contribution in [3.05, 3.63) is 24.3 Å². The molecule has 1 aliphatic rings. The van der Waals surface area contributed by atoms with Gasteiger partial charge in [-0.05, 0) is 12.1 Å². The van der Waals surface area contributed by atoms with E-state index in [4.69, 9.17) is 10.7 Å². The van der Waals surface area contributed by atoms with Crippen molar-refractivity contribution in [1.29, 1.82) is 0 Å². The van der Waals surface area contributed by atoms with Crippen LogP contribution in [0.4, 0.5) is 10.3 Å². The van der Waals surface area contributed by atoms with E-state index in [1.165, 1.54) is 27.8 Å². The van der Waals surface area contributed by atoms with E-state index >= 15 is 0 Å². The van der Waals surface area contributed by atoms with Gasteiger partial charge in [-0.2, -0.15) is 0 Å². The highest BCUT2D eigenvalue weighted by Gasteiger charge is 2.23. The zero-order chi connectivity index (χ0) is 17.2. The lowest BCUT2D eigenvalue weighted by Crippen LogP contribution is -2.49. The van der Waals surface area contributed by atoms with Gasteiger partial charge in [-0.1, -0.05) is 46.6 Å². The molecule has 0 radical (unpaired) electrons. The number of hydrogen-bond donors (Lipinski definition) is 1. The van der Waals surface area contributed by atoms with Crippen LogP contribution in [-0.2, 0) is 4.79 Å². The summed E-state index contributed by atoms with van der Waals surface area (Å²) in [5.74, 6) is 0.498. The molecule has 0 unspecified atom stereocenters. The lowest BCUT2D eigenvalue weighted by molar-refractivity contribution is -0.128. The van der Waals surface area contributed by atoms with Crippen LogP contribution in [0.1, 0.15) is 0 Å². The fourth-order valence-corrected chi connectivity index (χ4v) is 5.19. The first kappa shape index (κ1) is 16.6. The lowest BCUT2D eigenvalue weighted by atomic mass is 10.3. The maximum atomic E-state index is 12.4. The summed E-state index contributed by atoms with van der Waals surface area (Å²) >= 11 is 4.41. The molecule has 1 saturated heterocycles. The second-order valence-electron chi connectivity index (χ2n) is 5.53. The SMILES string of the molecule is Nc1nnc(SCC(=O)N2CCN(c3nc4ccccc4s3)CC2)s1. The summed E-state index contributed by atoms with van der Waals surface area (Å²) in [5, 5.41) is 9.15. The minimum atomic E-state index is 0.128. The molecule has 3 aromatic rings. The Morgan fingerprint density at radius 2 is 1.96 bits per heavy atom. The first-order valence-corrected chi connectivity index (χ1v) is 10.4. The summed E-state index contributed by atoms with van der Waals surface area (Å²) in [6, 6.07) is 8.16. The molecule has 4 rings (SSSR count). The van der Waals surface area contributed by atoms with Crippen LogP contribution in [0.2, 0.25) is 0 Å². The quantitative estimate of drug-likeness (QED) is 0.681. The van der Waals surface area contributed by atoms with Gasteiger partial charge in [0.2, 0.25) is 11.0 Å². The average Bonchev–Trinajstić information content (AvgIpc) is 3.25. The van der Waals surface area contributed by atoms with E-state index in [1.807, 2.05) is 23.1 Å². The number of nitrogens with two attached hydrogens (primary N) is 1. The number of anilines is 2. The molecule has 130 valence electrons. The van der Waals surface area contributed by atoms with E-state index < -0.39 is 0 Å². The Morgan fingerprint density at radius 1 is 1.16 bits per heavy atom. The summed E-state index contributed by atoms with van der Waals surface area (Å²) in [5.41, 5.74) is 6.59. The molecule has 2 aromatic heterocycles. The number of thiazole rings is 1. The zero-order valence-electron chi connectivity index (χ0n) is 13.3. The Bertz CT molecular complexity index is 853. The van der Waals surface area contributed by atoms with Crippen LogP contribution in [0.5, 0.6) is 0 Å². The molecule has 7 nitrogen and oxygen atoms in total. The van der Waals surface area contributed by atoms with E-state index in [1.54, 1.807) is 11.3 Å². The predicted octanol–water partition coefficient (Wildman–Crippen LogP) is 2.17. The van der Waals surface area contributed by atoms with Crippen molar-refractivity contribution in [1.82, 2.24) is 20.1 Å². The molecule has 0 bridgehead atoms. The third kappa shape index (κ3) is 3.70. The smallest absolute Gasteiger partial charge is 0.233 e. The predicted molar refractivity (Wildman–Crippen MR) is 103 cm³/mol. The third-order valence-electron chi connectivity index (χ3n) is 3.93. The van der Waals surface area contributed by atoms with Gasteiger partial charge in [0.25, 0.3) is 0 Å². The van der Waals surface area contributed by atoms with Gasteiger partial charge in [0.1, 0.15) is 0 Å². The number of benzene rings is 1. The molecule has 0 aliphatic carbocycles. The fourth-order valence-electron chi connectivity index (χ4n) is 2.64. The van der Waals surface area contributed by atoms with Gasteiger partial charge < -0.3 is 15.5 Å². The minimum absolute atomic E-state index is 0.128. The summed E-state index contributed by atoms with van der Waals surface area (Å²) < 4.78 is 1.93. The Kier molecular flexibility index (Phi) is 4.73. The number of piperazine rings is 1. The number of nitrogens with zero attached hydrogens (tertiary/aromatic N) is 5. The normalized spacial score (nSPS) is 15.0. The molecule has 2 N–H and O–H groups in total. The third-order valence-corrected chi connectivity index (χ3v) is 6.89. The Hall–Kier alpha value is -1.91. The van der Waals surface area contributed by atoms with E-state index in [2.05, 4.69) is 21.2 Å². The molecule has 10 heteroatoms. The average molecular weight is 393 g/mol. The molecule has 1 fully saturated rings. The number of para-hydroxylation sites is 1. The first-order chi connectivity index (χ1) is 12.2. The van der Waals surface area contributed by atoms with E-state index in [0.717, 1.165) is 28.1 Å². The molecule has 0 spiro atoms. The van der Waals surface area contributed by atoms with Crippen molar-refractivity contribution in [3.8, 4) is 0 Å². The van der Waals surface area contributed by atoms with Gasteiger partial charge in [0.05, 0.1) is 16.0 Å². The van der Waals surface area contributed by atoms with Gasteiger partial charge in [0, 0.05) is 26.2 Å². The number of carbonyl (C=O) groups is 1. The van der Waals surface area contributed by atoms with Crippen LogP contribution in [0, 0.1) is 0 Å². The Morgan fingerprint density at radius 3 is 2.68 bits per heavy atom. The van der Waals surface area contributed by atoms with Crippen molar-refractivity contribution < 1.29 is 4.79 Å². The monoisotopic (exact) mass is 392 g/mol. The summed E-state index contributed by atoms with van der Waals surface area (Å²) in [6.07, 6.45) is 0. The van der Waals surface area contributed by atoms with Crippen LogP contribution in [0.3, 0.4) is 0 Å². The Labute approximate surface area is 156 Å². The molecular formula is C15H16N6OS3. The van der Waals surface area contributed by atoms with Crippen LogP contribution in [-0.4, -0.2) is 57.9 Å². The number of amides is 1. The molecule has 25 heavy (non-hydrogen) atoms. The molecule has 0 atom stereocenters. The number of hydrogen-bond acceptors (Lipinski definition) is 9. The highest BCUT2D eigenvalue weighted by atomic mass is 32.2. The van der Waals surface area contributed by atoms with Crippen molar-refractivity contribution in [3.63, 3.8) is 0 Å². The fraction of sp³-hybridized carbons (Fsp3) is 0.333. The lowest BCUT2D eigenvalue weighted by Gasteiger charge is -2.34. The summed E-state index contributed by atoms with van der Waals surface area (Å²) in [4.78, 5) is 21.2.